The van der Waals surface area contributed by atoms with Crippen molar-refractivity contribution in [2.24, 2.45) is 0 Å². The van der Waals surface area contributed by atoms with Crippen molar-refractivity contribution in [3.05, 3.63) is 0 Å². The third-order valence-corrected chi connectivity index (χ3v) is 1.26. The zero-order valence-corrected chi connectivity index (χ0v) is 5.26. The van der Waals surface area contributed by atoms with Crippen molar-refractivity contribution in [1.29, 1.82) is 5.41 Å². The maximum atomic E-state index is 6.72. The molecule has 0 amide bonds. The lowest BCUT2D eigenvalue weighted by molar-refractivity contribution is 0.0256. The number of nitrogens with one attached hydrogen (secondary N) is 2. The first-order valence-corrected chi connectivity index (χ1v) is 3.01. The fourth-order valence-corrected chi connectivity index (χ4v) is 0.784. The average molecular weight is 129 g/mol. The third kappa shape index (κ3) is 1.99. The SMILES string of the molecule is N=CNN1CCOCC1. The van der Waals surface area contributed by atoms with Gasteiger partial charge in [0.1, 0.15) is 0 Å². The highest BCUT2D eigenvalue weighted by atomic mass is 16.5. The highest BCUT2D eigenvalue weighted by Crippen LogP contribution is 1.89. The van der Waals surface area contributed by atoms with Crippen molar-refractivity contribution in [2.45, 2.75) is 0 Å². The topological polar surface area (TPSA) is 48.4 Å². The summed E-state index contributed by atoms with van der Waals surface area (Å²) in [4.78, 5) is 0. The molecule has 0 aliphatic carbocycles. The Morgan fingerprint density at radius 3 is 2.67 bits per heavy atom. The molecule has 2 N–H and O–H groups in total. The largest absolute Gasteiger partial charge is 0.379 e. The second-order valence-electron chi connectivity index (χ2n) is 1.87. The molecule has 1 aliphatic heterocycles. The lowest BCUT2D eigenvalue weighted by Crippen LogP contribution is -2.44. The summed E-state index contributed by atoms with van der Waals surface area (Å²) in [5, 5.41) is 8.68. The minimum Gasteiger partial charge on any atom is -0.379 e. The fourth-order valence-electron chi connectivity index (χ4n) is 0.784. The molecule has 1 rings (SSSR count). The summed E-state index contributed by atoms with van der Waals surface area (Å²) < 4.78 is 5.09. The molecule has 1 heterocycles. The number of hydrazine groups is 1. The molecule has 1 saturated heterocycles. The predicted octanol–water partition coefficient (Wildman–Crippen LogP) is -0.570. The molecule has 0 aromatic rings. The first-order valence-electron chi connectivity index (χ1n) is 3.01. The standard InChI is InChI=1S/C5H11N3O/c6-5-7-8-1-3-9-4-2-8/h5H,1-4H2,(H2,6,7). The second kappa shape index (κ2) is 3.42. The fraction of sp³-hybridized carbons (Fsp3) is 0.800. The molecule has 4 heteroatoms. The van der Waals surface area contributed by atoms with Gasteiger partial charge in [-0.3, -0.25) is 5.41 Å². The Morgan fingerprint density at radius 1 is 1.44 bits per heavy atom. The van der Waals surface area contributed by atoms with Gasteiger partial charge in [0.05, 0.1) is 19.6 Å². The van der Waals surface area contributed by atoms with Crippen molar-refractivity contribution in [2.75, 3.05) is 26.3 Å². The molecule has 0 aromatic heterocycles. The van der Waals surface area contributed by atoms with Gasteiger partial charge >= 0.3 is 0 Å². The van der Waals surface area contributed by atoms with E-state index in [2.05, 4.69) is 5.43 Å². The van der Waals surface area contributed by atoms with Crippen LogP contribution in [-0.4, -0.2) is 37.7 Å². The van der Waals surface area contributed by atoms with Gasteiger partial charge in [0, 0.05) is 13.1 Å². The van der Waals surface area contributed by atoms with Crippen LogP contribution in [0.5, 0.6) is 0 Å². The maximum Gasteiger partial charge on any atom is 0.0936 e. The summed E-state index contributed by atoms with van der Waals surface area (Å²) in [6.07, 6.45) is 1.19. The smallest absolute Gasteiger partial charge is 0.0936 e. The Hall–Kier alpha value is -0.610. The van der Waals surface area contributed by atoms with E-state index in [9.17, 15) is 0 Å². The van der Waals surface area contributed by atoms with E-state index in [1.54, 1.807) is 0 Å². The molecule has 0 spiro atoms. The van der Waals surface area contributed by atoms with E-state index in [4.69, 9.17) is 10.1 Å². The average Bonchev–Trinajstić information content (AvgIpc) is 1.91. The third-order valence-electron chi connectivity index (χ3n) is 1.26. The monoisotopic (exact) mass is 129 g/mol. The van der Waals surface area contributed by atoms with Crippen molar-refractivity contribution < 1.29 is 4.74 Å². The van der Waals surface area contributed by atoms with E-state index in [0.29, 0.717) is 0 Å². The van der Waals surface area contributed by atoms with Gasteiger partial charge < -0.3 is 10.2 Å². The van der Waals surface area contributed by atoms with Crippen LogP contribution in [0.2, 0.25) is 0 Å². The Balaban J connectivity index is 2.15. The molecule has 1 aliphatic rings. The summed E-state index contributed by atoms with van der Waals surface area (Å²) in [7, 11) is 0. The first kappa shape index (κ1) is 6.51. The lowest BCUT2D eigenvalue weighted by atomic mass is 10.5. The van der Waals surface area contributed by atoms with Gasteiger partial charge in [-0.2, -0.15) is 0 Å². The van der Waals surface area contributed by atoms with Gasteiger partial charge in [-0.1, -0.05) is 0 Å². The van der Waals surface area contributed by atoms with Gasteiger partial charge in [0.15, 0.2) is 0 Å². The molecule has 0 aromatic carbocycles. The van der Waals surface area contributed by atoms with Gasteiger partial charge in [0.2, 0.25) is 0 Å². The van der Waals surface area contributed by atoms with Crippen LogP contribution in [0.15, 0.2) is 0 Å². The summed E-state index contributed by atoms with van der Waals surface area (Å²) in [5.74, 6) is 0. The van der Waals surface area contributed by atoms with Gasteiger partial charge in [-0.05, 0) is 0 Å². The van der Waals surface area contributed by atoms with E-state index >= 15 is 0 Å². The normalized spacial score (nSPS) is 21.3. The van der Waals surface area contributed by atoms with Crippen LogP contribution in [0.25, 0.3) is 0 Å². The number of hydrogen-bond acceptors (Lipinski definition) is 3. The molecular formula is C5H11N3O. The molecular weight excluding hydrogens is 118 g/mol. The zero-order chi connectivity index (χ0) is 6.53. The number of rotatable bonds is 2. The summed E-state index contributed by atoms with van der Waals surface area (Å²) in [6.45, 7) is 3.27. The minimum absolute atomic E-state index is 0.765. The number of ether oxygens (including phenoxy) is 1. The van der Waals surface area contributed by atoms with E-state index in [1.807, 2.05) is 5.01 Å². The van der Waals surface area contributed by atoms with E-state index in [0.717, 1.165) is 26.3 Å². The molecule has 0 atom stereocenters. The molecule has 0 radical (unpaired) electrons. The summed E-state index contributed by atoms with van der Waals surface area (Å²) in [6, 6.07) is 0. The highest BCUT2D eigenvalue weighted by Gasteiger charge is 2.06. The quantitative estimate of drug-likeness (QED) is 0.388. The number of nitrogens with zero attached hydrogens (tertiary/aromatic N) is 1. The molecule has 4 nitrogen and oxygen atoms in total. The molecule has 0 bridgehead atoms. The van der Waals surface area contributed by atoms with Crippen molar-refractivity contribution in [3.63, 3.8) is 0 Å². The Labute approximate surface area is 54.3 Å². The second-order valence-corrected chi connectivity index (χ2v) is 1.87. The van der Waals surface area contributed by atoms with Crippen molar-refractivity contribution >= 4 is 6.34 Å². The summed E-state index contributed by atoms with van der Waals surface area (Å²) >= 11 is 0. The van der Waals surface area contributed by atoms with Crippen molar-refractivity contribution in [3.8, 4) is 0 Å². The molecule has 52 valence electrons. The van der Waals surface area contributed by atoms with Crippen LogP contribution < -0.4 is 5.43 Å². The van der Waals surface area contributed by atoms with Crippen LogP contribution in [-0.2, 0) is 4.74 Å². The molecule has 0 unspecified atom stereocenters. The molecule has 0 saturated carbocycles. The van der Waals surface area contributed by atoms with Crippen LogP contribution in [0.1, 0.15) is 0 Å². The Kier molecular flexibility index (Phi) is 2.48. The van der Waals surface area contributed by atoms with Gasteiger partial charge in [0.25, 0.3) is 0 Å². The Bertz CT molecular complexity index is 90.2. The Morgan fingerprint density at radius 2 is 2.11 bits per heavy atom. The van der Waals surface area contributed by atoms with Gasteiger partial charge in [-0.15, -0.1) is 0 Å². The number of hydrogen-bond donors (Lipinski definition) is 2. The zero-order valence-electron chi connectivity index (χ0n) is 5.26. The lowest BCUT2D eigenvalue weighted by Gasteiger charge is -2.25. The summed E-state index contributed by atoms with van der Waals surface area (Å²) in [5.41, 5.74) is 2.78. The van der Waals surface area contributed by atoms with Crippen LogP contribution in [0.4, 0.5) is 0 Å². The van der Waals surface area contributed by atoms with E-state index in [1.165, 1.54) is 6.34 Å². The van der Waals surface area contributed by atoms with Crippen LogP contribution in [0, 0.1) is 5.41 Å². The number of morpholine rings is 1. The van der Waals surface area contributed by atoms with E-state index < -0.39 is 0 Å². The first-order chi connectivity index (χ1) is 4.43. The van der Waals surface area contributed by atoms with Crippen molar-refractivity contribution in [1.82, 2.24) is 10.4 Å². The van der Waals surface area contributed by atoms with Gasteiger partial charge in [-0.25, -0.2) is 5.01 Å². The molecule has 9 heavy (non-hydrogen) atoms. The predicted molar refractivity (Wildman–Crippen MR) is 34.3 cm³/mol. The maximum absolute atomic E-state index is 6.72. The van der Waals surface area contributed by atoms with E-state index in [-0.39, 0.29) is 0 Å². The van der Waals surface area contributed by atoms with Crippen LogP contribution in [0.3, 0.4) is 0 Å². The minimum atomic E-state index is 0.765. The molecule has 1 fully saturated rings. The van der Waals surface area contributed by atoms with Crippen LogP contribution >= 0.6 is 0 Å². The highest BCUT2D eigenvalue weighted by molar-refractivity contribution is 5.48.